The summed E-state index contributed by atoms with van der Waals surface area (Å²) in [7, 11) is 6.33. The van der Waals surface area contributed by atoms with E-state index >= 15 is 0 Å². The molecule has 1 unspecified atom stereocenters. The van der Waals surface area contributed by atoms with E-state index in [1.165, 1.54) is 51.4 Å². The first-order valence-electron chi connectivity index (χ1n) is 9.34. The smallest absolute Gasteiger partial charge is 0.308 e. The highest BCUT2D eigenvalue weighted by Crippen LogP contribution is 2.14. The van der Waals surface area contributed by atoms with Gasteiger partial charge in [0.05, 0.1) is 27.1 Å². The molecule has 0 fully saturated rings. The number of ether oxygens (including phenoxy) is 1. The van der Waals surface area contributed by atoms with E-state index in [-0.39, 0.29) is 11.9 Å². The van der Waals surface area contributed by atoms with Gasteiger partial charge in [0.2, 0.25) is 0 Å². The summed E-state index contributed by atoms with van der Waals surface area (Å²) in [5, 5.41) is 0. The molecule has 22 heavy (non-hydrogen) atoms. The van der Waals surface area contributed by atoms with E-state index in [0.717, 1.165) is 23.9 Å². The Labute approximate surface area is 139 Å². The summed E-state index contributed by atoms with van der Waals surface area (Å²) >= 11 is 0. The summed E-state index contributed by atoms with van der Waals surface area (Å²) in [4.78, 5) is 11.9. The number of unbranched alkanes of at least 4 members (excludes halogenated alkanes) is 8. The van der Waals surface area contributed by atoms with Crippen LogP contribution in [0, 0.1) is 5.92 Å². The van der Waals surface area contributed by atoms with Crippen LogP contribution in [0.5, 0.6) is 0 Å². The van der Waals surface area contributed by atoms with E-state index in [2.05, 4.69) is 28.1 Å². The normalized spacial score (nSPS) is 13.1. The average molecular weight is 315 g/mol. The van der Waals surface area contributed by atoms with Crippen LogP contribution in [-0.4, -0.2) is 44.7 Å². The maximum absolute atomic E-state index is 11.9. The van der Waals surface area contributed by atoms with E-state index in [9.17, 15) is 4.79 Å². The van der Waals surface area contributed by atoms with Crippen molar-refractivity contribution < 1.29 is 14.0 Å². The average Bonchev–Trinajstić information content (AvgIpc) is 2.43. The summed E-state index contributed by atoms with van der Waals surface area (Å²) in [6, 6.07) is 0. The number of hydrogen-bond donors (Lipinski definition) is 0. The SMILES string of the molecule is CCCCCCCCCCCC(C)C(=O)OCC[N+](C)(C)C. The number of quaternary nitrogens is 1. The minimum absolute atomic E-state index is 0.0204. The molecule has 0 rings (SSSR count). The van der Waals surface area contributed by atoms with Gasteiger partial charge in [0.25, 0.3) is 0 Å². The van der Waals surface area contributed by atoms with Crippen molar-refractivity contribution >= 4 is 5.97 Å². The Morgan fingerprint density at radius 3 is 1.91 bits per heavy atom. The number of rotatable bonds is 14. The predicted molar refractivity (Wildman–Crippen MR) is 94.9 cm³/mol. The van der Waals surface area contributed by atoms with Crippen molar-refractivity contribution in [3.8, 4) is 0 Å². The largest absolute Gasteiger partial charge is 0.459 e. The second-order valence-electron chi connectivity index (χ2n) is 7.70. The molecule has 0 spiro atoms. The Kier molecular flexibility index (Phi) is 12.6. The van der Waals surface area contributed by atoms with E-state index < -0.39 is 0 Å². The van der Waals surface area contributed by atoms with Crippen molar-refractivity contribution in [3.63, 3.8) is 0 Å². The standard InChI is InChI=1S/C19H40NO2/c1-6-7-8-9-10-11-12-13-14-15-18(2)19(21)22-17-16-20(3,4)5/h18H,6-17H2,1-5H3/q+1. The van der Waals surface area contributed by atoms with Gasteiger partial charge in [-0.1, -0.05) is 71.6 Å². The molecule has 3 heteroatoms. The molecule has 0 aromatic heterocycles. The van der Waals surface area contributed by atoms with Crippen molar-refractivity contribution in [3.05, 3.63) is 0 Å². The Hall–Kier alpha value is -0.570. The van der Waals surface area contributed by atoms with Crippen LogP contribution < -0.4 is 0 Å². The van der Waals surface area contributed by atoms with Crippen molar-refractivity contribution in [2.75, 3.05) is 34.3 Å². The molecule has 0 N–H and O–H groups in total. The van der Waals surface area contributed by atoms with Gasteiger partial charge in [0.1, 0.15) is 13.2 Å². The maximum Gasteiger partial charge on any atom is 0.308 e. The van der Waals surface area contributed by atoms with Crippen molar-refractivity contribution in [1.82, 2.24) is 0 Å². The summed E-state index contributed by atoms with van der Waals surface area (Å²) in [5.74, 6) is 0.0324. The summed E-state index contributed by atoms with van der Waals surface area (Å²) in [6.45, 7) is 5.66. The first-order valence-corrected chi connectivity index (χ1v) is 9.34. The molecule has 0 radical (unpaired) electrons. The van der Waals surface area contributed by atoms with Gasteiger partial charge in [0, 0.05) is 0 Å². The summed E-state index contributed by atoms with van der Waals surface area (Å²) in [5.41, 5.74) is 0. The fourth-order valence-electron chi connectivity index (χ4n) is 2.44. The van der Waals surface area contributed by atoms with Gasteiger partial charge in [-0.05, 0) is 6.42 Å². The molecule has 0 aromatic carbocycles. The van der Waals surface area contributed by atoms with Crippen molar-refractivity contribution in [2.45, 2.75) is 78.1 Å². The molecule has 0 saturated heterocycles. The molecule has 0 aliphatic heterocycles. The van der Waals surface area contributed by atoms with Crippen LogP contribution in [0.4, 0.5) is 0 Å². The molecule has 0 saturated carbocycles. The van der Waals surface area contributed by atoms with Crippen LogP contribution in [0.1, 0.15) is 78.1 Å². The summed E-state index contributed by atoms with van der Waals surface area (Å²) in [6.07, 6.45) is 12.9. The zero-order valence-electron chi connectivity index (χ0n) is 15.8. The van der Waals surface area contributed by atoms with Gasteiger partial charge in [-0.15, -0.1) is 0 Å². The van der Waals surface area contributed by atoms with Crippen LogP contribution in [0.3, 0.4) is 0 Å². The Morgan fingerprint density at radius 2 is 1.41 bits per heavy atom. The van der Waals surface area contributed by atoms with Gasteiger partial charge >= 0.3 is 5.97 Å². The number of carbonyl (C=O) groups is 1. The minimum atomic E-state index is -0.0204. The highest BCUT2D eigenvalue weighted by molar-refractivity contribution is 5.71. The second kappa shape index (κ2) is 12.9. The minimum Gasteiger partial charge on any atom is -0.459 e. The monoisotopic (exact) mass is 314 g/mol. The molecule has 0 aromatic rings. The van der Waals surface area contributed by atoms with Crippen LogP contribution in [0.2, 0.25) is 0 Å². The van der Waals surface area contributed by atoms with Gasteiger partial charge in [-0.3, -0.25) is 4.79 Å². The van der Waals surface area contributed by atoms with Gasteiger partial charge in [0.15, 0.2) is 0 Å². The topological polar surface area (TPSA) is 26.3 Å². The lowest BCUT2D eigenvalue weighted by Gasteiger charge is -2.23. The first kappa shape index (κ1) is 21.4. The molecular weight excluding hydrogens is 274 g/mol. The second-order valence-corrected chi connectivity index (χ2v) is 7.70. The van der Waals surface area contributed by atoms with E-state index in [4.69, 9.17) is 4.74 Å². The number of carbonyl (C=O) groups excluding carboxylic acids is 1. The Balaban J connectivity index is 3.44. The van der Waals surface area contributed by atoms with Crippen LogP contribution in [0.15, 0.2) is 0 Å². The fraction of sp³-hybridized carbons (Fsp3) is 0.947. The quantitative estimate of drug-likeness (QED) is 0.262. The molecule has 3 nitrogen and oxygen atoms in total. The van der Waals surface area contributed by atoms with Crippen LogP contribution in [-0.2, 0) is 9.53 Å². The zero-order valence-corrected chi connectivity index (χ0v) is 15.8. The number of nitrogens with zero attached hydrogens (tertiary/aromatic N) is 1. The first-order chi connectivity index (χ1) is 10.4. The van der Waals surface area contributed by atoms with E-state index in [1.807, 2.05) is 6.92 Å². The summed E-state index contributed by atoms with van der Waals surface area (Å²) < 4.78 is 6.19. The van der Waals surface area contributed by atoms with Gasteiger partial charge in [-0.2, -0.15) is 0 Å². The third-order valence-electron chi connectivity index (χ3n) is 4.15. The fourth-order valence-corrected chi connectivity index (χ4v) is 2.44. The lowest BCUT2D eigenvalue weighted by molar-refractivity contribution is -0.870. The van der Waals surface area contributed by atoms with Crippen molar-refractivity contribution in [1.29, 1.82) is 0 Å². The molecule has 0 heterocycles. The predicted octanol–water partition coefficient (Wildman–Crippen LogP) is 4.79. The van der Waals surface area contributed by atoms with Crippen LogP contribution >= 0.6 is 0 Å². The van der Waals surface area contributed by atoms with Gasteiger partial charge in [-0.25, -0.2) is 0 Å². The van der Waals surface area contributed by atoms with E-state index in [1.54, 1.807) is 0 Å². The lowest BCUT2D eigenvalue weighted by atomic mass is 10.0. The molecule has 0 bridgehead atoms. The van der Waals surface area contributed by atoms with Crippen LogP contribution in [0.25, 0.3) is 0 Å². The molecule has 0 aliphatic rings. The highest BCUT2D eigenvalue weighted by Gasteiger charge is 2.15. The van der Waals surface area contributed by atoms with Gasteiger partial charge < -0.3 is 9.22 Å². The molecule has 0 amide bonds. The third kappa shape index (κ3) is 14.4. The lowest BCUT2D eigenvalue weighted by Crippen LogP contribution is -2.38. The third-order valence-corrected chi connectivity index (χ3v) is 4.15. The molecule has 1 atom stereocenters. The van der Waals surface area contributed by atoms with Crippen molar-refractivity contribution in [2.24, 2.45) is 5.92 Å². The highest BCUT2D eigenvalue weighted by atomic mass is 16.5. The maximum atomic E-state index is 11.9. The molecule has 0 aliphatic carbocycles. The molecular formula is C19H40NO2+. The molecule has 132 valence electrons. The number of esters is 1. The Morgan fingerprint density at radius 1 is 0.909 bits per heavy atom. The van der Waals surface area contributed by atoms with E-state index in [0.29, 0.717) is 6.61 Å². The zero-order chi connectivity index (χ0) is 16.8. The number of likely N-dealkylation sites (N-methyl/N-ethyl adjacent to an activating group) is 1. The number of hydrogen-bond acceptors (Lipinski definition) is 2. The Bertz CT molecular complexity index is 271.